The van der Waals surface area contributed by atoms with Gasteiger partial charge in [-0.2, -0.15) is 0 Å². The molecule has 0 bridgehead atoms. The Bertz CT molecular complexity index is 1360. The first-order chi connectivity index (χ1) is 17.7. The van der Waals surface area contributed by atoms with Gasteiger partial charge in [0.25, 0.3) is 10.0 Å². The van der Waals surface area contributed by atoms with Gasteiger partial charge in [-0.25, -0.2) is 8.42 Å². The second kappa shape index (κ2) is 11.9. The van der Waals surface area contributed by atoms with Crippen LogP contribution in [0.3, 0.4) is 0 Å². The van der Waals surface area contributed by atoms with Crippen molar-refractivity contribution in [1.82, 2.24) is 0 Å². The SMILES string of the molecule is COc1ccc(N(CC(=O)Nc2cc(OC)c(Cl)cc2OC)S(=O)(=O)c2ccc(OC)c(OC)c2)cc1. The van der Waals surface area contributed by atoms with Gasteiger partial charge in [0.2, 0.25) is 5.91 Å². The number of hydrogen-bond donors (Lipinski definition) is 1. The van der Waals surface area contributed by atoms with E-state index in [1.54, 1.807) is 12.1 Å². The van der Waals surface area contributed by atoms with Crippen molar-refractivity contribution in [3.63, 3.8) is 0 Å². The van der Waals surface area contributed by atoms with Gasteiger partial charge in [0.15, 0.2) is 11.5 Å². The first-order valence-corrected chi connectivity index (χ1v) is 12.6. The van der Waals surface area contributed by atoms with Gasteiger partial charge in [0.05, 0.1) is 56.8 Å². The van der Waals surface area contributed by atoms with Crippen LogP contribution in [-0.4, -0.2) is 56.4 Å². The molecule has 0 radical (unpaired) electrons. The zero-order chi connectivity index (χ0) is 27.2. The lowest BCUT2D eigenvalue weighted by Gasteiger charge is -2.25. The number of carbonyl (C=O) groups is 1. The van der Waals surface area contributed by atoms with E-state index in [4.69, 9.17) is 35.3 Å². The van der Waals surface area contributed by atoms with Crippen LogP contribution in [0.15, 0.2) is 59.5 Å². The summed E-state index contributed by atoms with van der Waals surface area (Å²) >= 11 is 6.15. The molecular formula is C25H27ClN2O8S. The van der Waals surface area contributed by atoms with Crippen LogP contribution in [-0.2, 0) is 14.8 Å². The molecule has 0 fully saturated rings. The summed E-state index contributed by atoms with van der Waals surface area (Å²) < 4.78 is 54.7. The molecule has 3 aromatic rings. The Morgan fingerprint density at radius 3 is 1.97 bits per heavy atom. The van der Waals surface area contributed by atoms with Crippen molar-refractivity contribution >= 4 is 38.9 Å². The molecule has 198 valence electrons. The van der Waals surface area contributed by atoms with Gasteiger partial charge >= 0.3 is 0 Å². The van der Waals surface area contributed by atoms with Crippen LogP contribution in [0.2, 0.25) is 5.02 Å². The molecule has 1 amide bonds. The third kappa shape index (κ3) is 6.12. The number of anilines is 2. The molecule has 1 N–H and O–H groups in total. The van der Waals surface area contributed by atoms with Gasteiger partial charge < -0.3 is 29.0 Å². The molecule has 0 heterocycles. The number of rotatable bonds is 11. The maximum absolute atomic E-state index is 13.8. The number of nitrogens with one attached hydrogen (secondary N) is 1. The fraction of sp³-hybridized carbons (Fsp3) is 0.240. The first-order valence-electron chi connectivity index (χ1n) is 10.8. The molecule has 0 aliphatic rings. The molecule has 0 saturated heterocycles. The molecule has 0 aliphatic carbocycles. The Balaban J connectivity index is 2.02. The van der Waals surface area contributed by atoms with E-state index < -0.39 is 22.5 Å². The van der Waals surface area contributed by atoms with Crippen molar-refractivity contribution in [3.05, 3.63) is 59.6 Å². The Morgan fingerprint density at radius 2 is 1.41 bits per heavy atom. The zero-order valence-electron chi connectivity index (χ0n) is 20.9. The van der Waals surface area contributed by atoms with Crippen molar-refractivity contribution in [2.45, 2.75) is 4.90 Å². The van der Waals surface area contributed by atoms with Crippen molar-refractivity contribution in [1.29, 1.82) is 0 Å². The van der Waals surface area contributed by atoms with Gasteiger partial charge in [0, 0.05) is 18.2 Å². The highest BCUT2D eigenvalue weighted by Crippen LogP contribution is 2.36. The number of methoxy groups -OCH3 is 5. The Labute approximate surface area is 220 Å². The van der Waals surface area contributed by atoms with E-state index in [1.165, 1.54) is 78.0 Å². The summed E-state index contributed by atoms with van der Waals surface area (Å²) in [5, 5.41) is 2.96. The molecule has 0 spiro atoms. The summed E-state index contributed by atoms with van der Waals surface area (Å²) in [6, 6.07) is 13.4. The lowest BCUT2D eigenvalue weighted by molar-refractivity contribution is -0.114. The predicted molar refractivity (Wildman–Crippen MR) is 140 cm³/mol. The lowest BCUT2D eigenvalue weighted by atomic mass is 10.2. The van der Waals surface area contributed by atoms with Gasteiger partial charge in [0.1, 0.15) is 23.8 Å². The minimum atomic E-state index is -4.23. The van der Waals surface area contributed by atoms with Gasteiger partial charge in [-0.15, -0.1) is 0 Å². The van der Waals surface area contributed by atoms with Crippen LogP contribution in [0.1, 0.15) is 0 Å². The van der Waals surface area contributed by atoms with Crippen molar-refractivity contribution in [2.75, 3.05) is 51.7 Å². The molecule has 10 nitrogen and oxygen atoms in total. The van der Waals surface area contributed by atoms with Crippen LogP contribution in [0.5, 0.6) is 28.7 Å². The second-order valence-electron chi connectivity index (χ2n) is 7.46. The molecule has 0 saturated carbocycles. The number of hydrogen-bond acceptors (Lipinski definition) is 8. The Kier molecular flexibility index (Phi) is 8.95. The summed E-state index contributed by atoms with van der Waals surface area (Å²) in [5.74, 6) is 1.05. The van der Waals surface area contributed by atoms with Crippen LogP contribution < -0.4 is 33.3 Å². The standard InChI is InChI=1S/C25H27ClN2O8S/c1-32-17-8-6-16(7-9-17)28(37(30,31)18-10-11-21(33-2)24(12-18)36-5)15-25(29)27-20-14-22(34-3)19(26)13-23(20)35-4/h6-14H,15H2,1-5H3,(H,27,29). The van der Waals surface area contributed by atoms with Crippen LogP contribution in [0.4, 0.5) is 11.4 Å². The first kappa shape index (κ1) is 27.8. The van der Waals surface area contributed by atoms with Crippen LogP contribution in [0, 0.1) is 0 Å². The van der Waals surface area contributed by atoms with E-state index in [0.29, 0.717) is 17.2 Å². The van der Waals surface area contributed by atoms with Gasteiger partial charge in [-0.05, 0) is 36.4 Å². The smallest absolute Gasteiger partial charge is 0.264 e. The van der Waals surface area contributed by atoms with E-state index in [1.807, 2.05) is 0 Å². The minimum absolute atomic E-state index is 0.0977. The molecule has 0 unspecified atom stereocenters. The van der Waals surface area contributed by atoms with E-state index in [0.717, 1.165) is 4.31 Å². The highest BCUT2D eigenvalue weighted by Gasteiger charge is 2.29. The molecular weight excluding hydrogens is 524 g/mol. The Hall–Kier alpha value is -3.83. The second-order valence-corrected chi connectivity index (χ2v) is 9.73. The van der Waals surface area contributed by atoms with E-state index in [9.17, 15) is 13.2 Å². The maximum Gasteiger partial charge on any atom is 0.264 e. The van der Waals surface area contributed by atoms with Gasteiger partial charge in [-0.1, -0.05) is 11.6 Å². The number of benzene rings is 3. The Morgan fingerprint density at radius 1 is 0.784 bits per heavy atom. The third-order valence-corrected chi connectivity index (χ3v) is 7.40. The average molecular weight is 551 g/mol. The zero-order valence-corrected chi connectivity index (χ0v) is 22.5. The summed E-state index contributed by atoms with van der Waals surface area (Å²) in [4.78, 5) is 13.1. The molecule has 12 heteroatoms. The summed E-state index contributed by atoms with van der Waals surface area (Å²) in [7, 11) is 2.95. The molecule has 3 rings (SSSR count). The predicted octanol–water partition coefficient (Wildman–Crippen LogP) is 4.22. The number of amides is 1. The maximum atomic E-state index is 13.8. The number of carbonyl (C=O) groups excluding carboxylic acids is 1. The highest BCUT2D eigenvalue weighted by molar-refractivity contribution is 7.92. The van der Waals surface area contributed by atoms with Crippen LogP contribution >= 0.6 is 11.6 Å². The largest absolute Gasteiger partial charge is 0.497 e. The number of nitrogens with zero attached hydrogens (tertiary/aromatic N) is 1. The monoisotopic (exact) mass is 550 g/mol. The number of sulfonamides is 1. The lowest BCUT2D eigenvalue weighted by Crippen LogP contribution is -2.38. The average Bonchev–Trinajstić information content (AvgIpc) is 2.91. The summed E-state index contributed by atoms with van der Waals surface area (Å²) in [6.07, 6.45) is 0. The van der Waals surface area contributed by atoms with Gasteiger partial charge in [-0.3, -0.25) is 9.10 Å². The molecule has 3 aromatic carbocycles. The minimum Gasteiger partial charge on any atom is -0.497 e. The van der Waals surface area contributed by atoms with Crippen molar-refractivity contribution < 1.29 is 36.9 Å². The number of ether oxygens (including phenoxy) is 5. The topological polar surface area (TPSA) is 113 Å². The van der Waals surface area contributed by atoms with Crippen molar-refractivity contribution in [2.24, 2.45) is 0 Å². The fourth-order valence-corrected chi connectivity index (χ4v) is 5.11. The molecule has 0 aromatic heterocycles. The highest BCUT2D eigenvalue weighted by atomic mass is 35.5. The molecule has 37 heavy (non-hydrogen) atoms. The summed E-state index contributed by atoms with van der Waals surface area (Å²) in [5.41, 5.74) is 0.498. The molecule has 0 aliphatic heterocycles. The van der Waals surface area contributed by atoms with E-state index in [-0.39, 0.29) is 32.8 Å². The number of halogens is 1. The quantitative estimate of drug-likeness (QED) is 0.378. The normalized spacial score (nSPS) is 10.9. The third-order valence-electron chi connectivity index (χ3n) is 5.34. The van der Waals surface area contributed by atoms with Crippen LogP contribution in [0.25, 0.3) is 0 Å². The van der Waals surface area contributed by atoms with E-state index >= 15 is 0 Å². The fourth-order valence-electron chi connectivity index (χ4n) is 3.45. The van der Waals surface area contributed by atoms with E-state index in [2.05, 4.69) is 5.32 Å². The molecule has 0 atom stereocenters. The summed E-state index contributed by atoms with van der Waals surface area (Å²) in [6.45, 7) is -0.558. The van der Waals surface area contributed by atoms with Crippen molar-refractivity contribution in [3.8, 4) is 28.7 Å².